The highest BCUT2D eigenvalue weighted by molar-refractivity contribution is 6.32. The summed E-state index contributed by atoms with van der Waals surface area (Å²) in [5, 5.41) is 41.2. The lowest BCUT2D eigenvalue weighted by Crippen LogP contribution is -2.55. The van der Waals surface area contributed by atoms with Gasteiger partial charge in [0.1, 0.15) is 36.3 Å². The molecule has 0 radical (unpaired) electrons. The molecule has 5 atom stereocenters. The van der Waals surface area contributed by atoms with Crippen molar-refractivity contribution in [2.24, 2.45) is 0 Å². The Hall–Kier alpha value is -2.07. The van der Waals surface area contributed by atoms with Gasteiger partial charge in [0.2, 0.25) is 12.4 Å². The highest BCUT2D eigenvalue weighted by atomic mass is 35.5. The van der Waals surface area contributed by atoms with Crippen LogP contribution in [-0.2, 0) is 17.6 Å². The zero-order chi connectivity index (χ0) is 22.4. The summed E-state index contributed by atoms with van der Waals surface area (Å²) in [6, 6.07) is 7.66. The van der Waals surface area contributed by atoms with Crippen molar-refractivity contribution < 1.29 is 39.4 Å². The van der Waals surface area contributed by atoms with E-state index in [4.69, 9.17) is 25.8 Å². The van der Waals surface area contributed by atoms with Gasteiger partial charge in [-0.2, -0.15) is 0 Å². The van der Waals surface area contributed by atoms with Crippen molar-refractivity contribution >= 4 is 11.6 Å². The molecule has 172 valence electrons. The van der Waals surface area contributed by atoms with Crippen LogP contribution in [0.4, 0.5) is 0 Å². The van der Waals surface area contributed by atoms with Gasteiger partial charge in [-0.1, -0.05) is 11.6 Å². The predicted octanol–water partition coefficient (Wildman–Crippen LogP) is 1.01. The Morgan fingerprint density at radius 3 is 2.69 bits per heavy atom. The summed E-state index contributed by atoms with van der Waals surface area (Å²) >= 11 is 6.74. The normalized spacial score (nSPS) is 28.8. The Morgan fingerprint density at radius 2 is 1.88 bits per heavy atom. The molecule has 1 saturated heterocycles. The maximum Gasteiger partial charge on any atom is 0.297 e. The minimum Gasteiger partial charge on any atom is -0.578 e. The average Bonchev–Trinajstić information content (AvgIpc) is 3.30. The number of halogens is 1. The third kappa shape index (κ3) is 3.71. The zero-order valence-corrected chi connectivity index (χ0v) is 18.0. The molecule has 0 spiro atoms. The zero-order valence-electron chi connectivity index (χ0n) is 17.3. The first kappa shape index (κ1) is 21.8. The number of fused-ring (bicyclic) bond motifs is 2. The van der Waals surface area contributed by atoms with Gasteiger partial charge in [0.15, 0.2) is 6.61 Å². The van der Waals surface area contributed by atoms with E-state index in [1.54, 1.807) is 0 Å². The summed E-state index contributed by atoms with van der Waals surface area (Å²) in [4.78, 5) is 0. The molecule has 0 amide bonds. The molecule has 8 nitrogen and oxygen atoms in total. The molecule has 2 aromatic rings. The van der Waals surface area contributed by atoms with Gasteiger partial charge in [0.25, 0.3) is 5.75 Å². The monoisotopic (exact) mass is 465 g/mol. The average molecular weight is 466 g/mol. The van der Waals surface area contributed by atoms with Gasteiger partial charge in [-0.15, -0.1) is 0 Å². The molecular weight excluding hydrogens is 440 g/mol. The molecule has 0 unspecified atom stereocenters. The van der Waals surface area contributed by atoms with Gasteiger partial charge in [-0.05, 0) is 35.7 Å². The van der Waals surface area contributed by atoms with E-state index in [1.165, 1.54) is 0 Å². The topological polar surface area (TPSA) is 121 Å². The van der Waals surface area contributed by atoms with Crippen LogP contribution >= 0.6 is 11.6 Å². The van der Waals surface area contributed by atoms with Crippen LogP contribution in [0.25, 0.3) is 0 Å². The Bertz CT molecular complexity index is 1010. The molecule has 9 heteroatoms. The molecule has 0 aromatic heterocycles. The van der Waals surface area contributed by atoms with E-state index in [0.717, 1.165) is 28.2 Å². The number of aromatic hydroxyl groups is 1. The van der Waals surface area contributed by atoms with Crippen LogP contribution in [0, 0.1) is 0 Å². The first-order valence-electron chi connectivity index (χ1n) is 10.7. The second-order valence-corrected chi connectivity index (χ2v) is 8.68. The molecule has 2 aromatic carbocycles. The number of aliphatic hydroxyl groups excluding tert-OH is 4. The van der Waals surface area contributed by atoms with E-state index in [2.05, 4.69) is 4.74 Å². The summed E-state index contributed by atoms with van der Waals surface area (Å²) in [6.07, 6.45) is -5.16. The van der Waals surface area contributed by atoms with E-state index in [-0.39, 0.29) is 0 Å². The quantitative estimate of drug-likeness (QED) is 0.497. The van der Waals surface area contributed by atoms with Crippen molar-refractivity contribution in [2.75, 3.05) is 26.4 Å². The number of ether oxygens (including phenoxy) is 4. The van der Waals surface area contributed by atoms with Crippen LogP contribution in [0.2, 0.25) is 5.02 Å². The third-order valence-corrected chi connectivity index (χ3v) is 6.73. The van der Waals surface area contributed by atoms with Gasteiger partial charge >= 0.3 is 0 Å². The van der Waals surface area contributed by atoms with E-state index in [0.29, 0.717) is 49.0 Å². The summed E-state index contributed by atoms with van der Waals surface area (Å²) in [5.41, 5.74) is 3.16. The van der Waals surface area contributed by atoms with Crippen LogP contribution < -0.4 is 9.47 Å². The second kappa shape index (κ2) is 8.70. The molecule has 1 fully saturated rings. The van der Waals surface area contributed by atoms with Crippen LogP contribution in [0.3, 0.4) is 0 Å². The summed E-state index contributed by atoms with van der Waals surface area (Å²) in [6.45, 7) is 1.14. The molecule has 5 N–H and O–H groups in total. The number of aliphatic hydroxyl groups is 5. The summed E-state index contributed by atoms with van der Waals surface area (Å²) < 4.78 is 21.8. The van der Waals surface area contributed by atoms with Crippen molar-refractivity contribution in [3.05, 3.63) is 51.5 Å². The number of benzene rings is 2. The Morgan fingerprint density at radius 1 is 1.03 bits per heavy atom. The van der Waals surface area contributed by atoms with Crippen molar-refractivity contribution in [1.29, 1.82) is 0 Å². The van der Waals surface area contributed by atoms with E-state index in [9.17, 15) is 20.4 Å². The van der Waals surface area contributed by atoms with E-state index < -0.39 is 37.1 Å². The Kier molecular flexibility index (Phi) is 5.92. The van der Waals surface area contributed by atoms with Gasteiger partial charge < -0.3 is 39.4 Å². The SMILES string of the molecule is OC[C@H]1O[C@@H](c2cc(Cc3ccc4c(c3)OCC[OH+]4)c(Cl)c3c2OCC3)[C@H](O)[C@@H](O)[C@@H]1O. The summed E-state index contributed by atoms with van der Waals surface area (Å²) in [5.74, 6) is 2.09. The fourth-order valence-electron chi connectivity index (χ4n) is 4.59. The maximum absolute atomic E-state index is 10.7. The van der Waals surface area contributed by atoms with Crippen molar-refractivity contribution in [3.63, 3.8) is 0 Å². The highest BCUT2D eigenvalue weighted by Gasteiger charge is 2.45. The number of rotatable bonds is 4. The number of hydrogen-bond acceptors (Lipinski definition) is 7. The number of hydrogen-bond donors (Lipinski definition) is 4. The molecule has 32 heavy (non-hydrogen) atoms. The van der Waals surface area contributed by atoms with Crippen molar-refractivity contribution in [1.82, 2.24) is 0 Å². The lowest BCUT2D eigenvalue weighted by Gasteiger charge is -2.40. The van der Waals surface area contributed by atoms with E-state index in [1.807, 2.05) is 24.3 Å². The minimum absolute atomic E-state index is 0.442. The van der Waals surface area contributed by atoms with Crippen LogP contribution in [-0.4, -0.2) is 76.0 Å². The van der Waals surface area contributed by atoms with Crippen molar-refractivity contribution in [2.45, 2.75) is 43.4 Å². The van der Waals surface area contributed by atoms with Crippen molar-refractivity contribution in [3.8, 4) is 17.2 Å². The lowest BCUT2D eigenvalue weighted by atomic mass is 9.88. The van der Waals surface area contributed by atoms with Crippen LogP contribution in [0.15, 0.2) is 24.3 Å². The van der Waals surface area contributed by atoms with Crippen LogP contribution in [0.5, 0.6) is 17.2 Å². The first-order valence-corrected chi connectivity index (χ1v) is 11.1. The smallest absolute Gasteiger partial charge is 0.297 e. The van der Waals surface area contributed by atoms with E-state index >= 15 is 0 Å². The molecule has 0 bridgehead atoms. The van der Waals surface area contributed by atoms with Gasteiger partial charge in [0, 0.05) is 23.6 Å². The largest absolute Gasteiger partial charge is 0.578 e. The molecule has 3 aliphatic rings. The highest BCUT2D eigenvalue weighted by Crippen LogP contribution is 2.45. The predicted molar refractivity (Wildman–Crippen MR) is 115 cm³/mol. The Labute approximate surface area is 189 Å². The molecule has 0 aliphatic carbocycles. The minimum atomic E-state index is -1.47. The molecule has 0 saturated carbocycles. The molecule has 5 rings (SSSR count). The second-order valence-electron chi connectivity index (χ2n) is 8.30. The lowest BCUT2D eigenvalue weighted by molar-refractivity contribution is -0.232. The summed E-state index contributed by atoms with van der Waals surface area (Å²) in [7, 11) is 0. The third-order valence-electron chi connectivity index (χ3n) is 6.26. The maximum atomic E-state index is 10.7. The van der Waals surface area contributed by atoms with Crippen LogP contribution in [0.1, 0.15) is 28.4 Å². The first-order chi connectivity index (χ1) is 15.5. The standard InChI is InChI=1S/C23H25ClO8/c24-18-12(7-11-1-2-15-16(8-11)30-6-5-29-15)9-14(22-13(18)3-4-31-22)23-21(28)20(27)19(26)17(10-25)32-23/h1-2,8-9,17,19-21,23,25-28H,3-7,10H2/p+1/t17-,19-,20+,21-,23+/m1/s1. The molecule has 3 aliphatic heterocycles. The van der Waals surface area contributed by atoms with Gasteiger partial charge in [-0.3, -0.25) is 0 Å². The van der Waals surface area contributed by atoms with Gasteiger partial charge in [0.05, 0.1) is 18.2 Å². The molecule has 3 heterocycles. The fraction of sp³-hybridized carbons (Fsp3) is 0.478. The Balaban J connectivity index is 1.52. The van der Waals surface area contributed by atoms with Gasteiger partial charge in [-0.25, -0.2) is 0 Å². The molecular formula is C23H26ClO8+. The fourth-order valence-corrected chi connectivity index (χ4v) is 4.89.